The van der Waals surface area contributed by atoms with E-state index in [1.807, 2.05) is 29.2 Å². The van der Waals surface area contributed by atoms with E-state index in [2.05, 4.69) is 15.1 Å². The zero-order valence-corrected chi connectivity index (χ0v) is 16.1. The number of carbonyl (C=O) groups is 1. The van der Waals surface area contributed by atoms with Gasteiger partial charge in [-0.1, -0.05) is 6.07 Å². The van der Waals surface area contributed by atoms with Crippen molar-refractivity contribution in [2.45, 2.75) is 0 Å². The Bertz CT molecular complexity index is 984. The molecule has 2 aromatic carbocycles. The van der Waals surface area contributed by atoms with E-state index in [0.29, 0.717) is 43.2 Å². The highest BCUT2D eigenvalue weighted by Crippen LogP contribution is 2.21. The molecular formula is C22H21FN4O2. The fourth-order valence-corrected chi connectivity index (χ4v) is 3.35. The lowest BCUT2D eigenvalue weighted by Gasteiger charge is -2.35. The second-order valence-corrected chi connectivity index (χ2v) is 6.79. The standard InChI is InChI=1S/C22H21FN4O2/c1-29-19-4-2-3-17(15-19)22(28)27-13-11-26(12-14-27)21-10-9-20(24-25-21)16-5-7-18(23)8-6-16/h2-10,15H,11-14H2,1H3. The quantitative estimate of drug-likeness (QED) is 0.682. The molecule has 1 aliphatic heterocycles. The van der Waals surface area contributed by atoms with Gasteiger partial charge in [-0.2, -0.15) is 0 Å². The van der Waals surface area contributed by atoms with Crippen LogP contribution in [0.2, 0.25) is 0 Å². The van der Waals surface area contributed by atoms with Gasteiger partial charge in [-0.25, -0.2) is 4.39 Å². The van der Waals surface area contributed by atoms with Crippen LogP contribution in [0.25, 0.3) is 11.3 Å². The van der Waals surface area contributed by atoms with Crippen LogP contribution in [0.4, 0.5) is 10.2 Å². The van der Waals surface area contributed by atoms with Gasteiger partial charge < -0.3 is 14.5 Å². The predicted molar refractivity (Wildman–Crippen MR) is 109 cm³/mol. The van der Waals surface area contributed by atoms with Gasteiger partial charge in [-0.3, -0.25) is 4.79 Å². The molecule has 0 aliphatic carbocycles. The summed E-state index contributed by atoms with van der Waals surface area (Å²) in [5.41, 5.74) is 2.14. The average molecular weight is 392 g/mol. The third-order valence-corrected chi connectivity index (χ3v) is 5.00. The minimum Gasteiger partial charge on any atom is -0.497 e. The molecule has 2 heterocycles. The van der Waals surface area contributed by atoms with Crippen molar-refractivity contribution in [3.05, 3.63) is 72.0 Å². The van der Waals surface area contributed by atoms with Gasteiger partial charge in [0.05, 0.1) is 12.8 Å². The summed E-state index contributed by atoms with van der Waals surface area (Å²) in [5, 5.41) is 8.58. The van der Waals surface area contributed by atoms with Gasteiger partial charge in [-0.15, -0.1) is 10.2 Å². The molecule has 7 heteroatoms. The van der Waals surface area contributed by atoms with Gasteiger partial charge in [0.15, 0.2) is 5.82 Å². The molecule has 0 atom stereocenters. The summed E-state index contributed by atoms with van der Waals surface area (Å²) in [7, 11) is 1.59. The molecule has 1 fully saturated rings. The number of hydrogen-bond acceptors (Lipinski definition) is 5. The third kappa shape index (κ3) is 4.18. The van der Waals surface area contributed by atoms with Crippen LogP contribution in [-0.4, -0.2) is 54.3 Å². The van der Waals surface area contributed by atoms with E-state index in [9.17, 15) is 9.18 Å². The van der Waals surface area contributed by atoms with Crippen molar-refractivity contribution in [1.29, 1.82) is 0 Å². The number of anilines is 1. The molecule has 6 nitrogen and oxygen atoms in total. The number of rotatable bonds is 4. The van der Waals surface area contributed by atoms with Crippen LogP contribution >= 0.6 is 0 Å². The molecule has 1 aromatic heterocycles. The first-order valence-corrected chi connectivity index (χ1v) is 9.42. The van der Waals surface area contributed by atoms with Gasteiger partial charge >= 0.3 is 0 Å². The van der Waals surface area contributed by atoms with Crippen molar-refractivity contribution >= 4 is 11.7 Å². The maximum atomic E-state index is 13.1. The first-order chi connectivity index (χ1) is 14.1. The molecule has 29 heavy (non-hydrogen) atoms. The summed E-state index contributed by atoms with van der Waals surface area (Å²) in [6.45, 7) is 2.58. The van der Waals surface area contributed by atoms with E-state index >= 15 is 0 Å². The summed E-state index contributed by atoms with van der Waals surface area (Å²) in [4.78, 5) is 16.7. The Morgan fingerprint density at radius 1 is 0.966 bits per heavy atom. The summed E-state index contributed by atoms with van der Waals surface area (Å²) < 4.78 is 18.3. The van der Waals surface area contributed by atoms with E-state index in [1.54, 1.807) is 31.4 Å². The second-order valence-electron chi connectivity index (χ2n) is 6.79. The Hall–Kier alpha value is -3.48. The van der Waals surface area contributed by atoms with E-state index in [-0.39, 0.29) is 11.7 Å². The molecular weight excluding hydrogens is 371 g/mol. The summed E-state index contributed by atoms with van der Waals surface area (Å²) in [6, 6.07) is 17.2. The number of methoxy groups -OCH3 is 1. The molecule has 1 saturated heterocycles. The summed E-state index contributed by atoms with van der Waals surface area (Å²) in [6.07, 6.45) is 0. The first kappa shape index (κ1) is 18.9. The van der Waals surface area contributed by atoms with Gasteiger partial charge in [0.1, 0.15) is 11.6 Å². The number of ether oxygens (including phenoxy) is 1. The van der Waals surface area contributed by atoms with Crippen LogP contribution < -0.4 is 9.64 Å². The van der Waals surface area contributed by atoms with Crippen molar-refractivity contribution in [2.24, 2.45) is 0 Å². The number of amides is 1. The smallest absolute Gasteiger partial charge is 0.254 e. The monoisotopic (exact) mass is 392 g/mol. The molecule has 0 bridgehead atoms. The fourth-order valence-electron chi connectivity index (χ4n) is 3.35. The maximum Gasteiger partial charge on any atom is 0.254 e. The zero-order chi connectivity index (χ0) is 20.2. The number of benzene rings is 2. The maximum absolute atomic E-state index is 13.1. The molecule has 0 radical (unpaired) electrons. The first-order valence-electron chi connectivity index (χ1n) is 9.42. The largest absolute Gasteiger partial charge is 0.497 e. The highest BCUT2D eigenvalue weighted by molar-refractivity contribution is 5.94. The molecule has 0 spiro atoms. The lowest BCUT2D eigenvalue weighted by atomic mass is 10.1. The lowest BCUT2D eigenvalue weighted by molar-refractivity contribution is 0.0746. The summed E-state index contributed by atoms with van der Waals surface area (Å²) in [5.74, 6) is 1.16. The number of nitrogens with zero attached hydrogens (tertiary/aromatic N) is 4. The Morgan fingerprint density at radius 3 is 2.38 bits per heavy atom. The number of halogens is 1. The van der Waals surface area contributed by atoms with Crippen LogP contribution in [-0.2, 0) is 0 Å². The van der Waals surface area contributed by atoms with Crippen LogP contribution in [0.1, 0.15) is 10.4 Å². The normalized spacial score (nSPS) is 14.0. The van der Waals surface area contributed by atoms with Gasteiger partial charge in [-0.05, 0) is 54.6 Å². The lowest BCUT2D eigenvalue weighted by Crippen LogP contribution is -2.49. The van der Waals surface area contributed by atoms with Gasteiger partial charge in [0.2, 0.25) is 0 Å². The van der Waals surface area contributed by atoms with Crippen molar-refractivity contribution < 1.29 is 13.9 Å². The summed E-state index contributed by atoms with van der Waals surface area (Å²) >= 11 is 0. The molecule has 0 N–H and O–H groups in total. The predicted octanol–water partition coefficient (Wildman–Crippen LogP) is 3.25. The van der Waals surface area contributed by atoms with Gasteiger partial charge in [0.25, 0.3) is 5.91 Å². The molecule has 148 valence electrons. The van der Waals surface area contributed by atoms with Crippen molar-refractivity contribution in [3.8, 4) is 17.0 Å². The third-order valence-electron chi connectivity index (χ3n) is 5.00. The van der Waals surface area contributed by atoms with E-state index in [0.717, 1.165) is 11.4 Å². The van der Waals surface area contributed by atoms with Crippen LogP contribution in [0.15, 0.2) is 60.7 Å². The molecule has 0 unspecified atom stereocenters. The highest BCUT2D eigenvalue weighted by Gasteiger charge is 2.23. The Labute approximate surface area is 168 Å². The van der Waals surface area contributed by atoms with Crippen molar-refractivity contribution in [2.75, 3.05) is 38.2 Å². The Morgan fingerprint density at radius 2 is 1.72 bits per heavy atom. The highest BCUT2D eigenvalue weighted by atomic mass is 19.1. The molecule has 1 aliphatic rings. The van der Waals surface area contributed by atoms with Crippen molar-refractivity contribution in [1.82, 2.24) is 15.1 Å². The van der Waals surface area contributed by atoms with E-state index in [1.165, 1.54) is 12.1 Å². The Kier molecular flexibility index (Phi) is 5.37. The van der Waals surface area contributed by atoms with Crippen LogP contribution in [0.5, 0.6) is 5.75 Å². The number of carbonyl (C=O) groups excluding carboxylic acids is 1. The van der Waals surface area contributed by atoms with Crippen LogP contribution in [0.3, 0.4) is 0 Å². The van der Waals surface area contributed by atoms with Crippen molar-refractivity contribution in [3.63, 3.8) is 0 Å². The Balaban J connectivity index is 1.39. The number of piperazine rings is 1. The number of aromatic nitrogens is 2. The topological polar surface area (TPSA) is 58.6 Å². The van der Waals surface area contributed by atoms with E-state index in [4.69, 9.17) is 4.74 Å². The second kappa shape index (κ2) is 8.26. The average Bonchev–Trinajstić information content (AvgIpc) is 2.79. The molecule has 1 amide bonds. The number of hydrogen-bond donors (Lipinski definition) is 0. The SMILES string of the molecule is COc1cccc(C(=O)N2CCN(c3ccc(-c4ccc(F)cc4)nn3)CC2)c1. The minimum atomic E-state index is -0.278. The molecule has 3 aromatic rings. The van der Waals surface area contributed by atoms with Gasteiger partial charge in [0, 0.05) is 37.3 Å². The molecule has 4 rings (SSSR count). The fraction of sp³-hybridized carbons (Fsp3) is 0.227. The van der Waals surface area contributed by atoms with E-state index < -0.39 is 0 Å². The molecule has 0 saturated carbocycles. The van der Waals surface area contributed by atoms with Crippen LogP contribution in [0, 0.1) is 5.82 Å². The minimum absolute atomic E-state index is 0.00120. The zero-order valence-electron chi connectivity index (χ0n) is 16.1.